The molecule has 0 aliphatic carbocycles. The summed E-state index contributed by atoms with van der Waals surface area (Å²) in [6.45, 7) is 8.00. The Kier molecular flexibility index (Phi) is 8.51. The van der Waals surface area contributed by atoms with E-state index in [1.54, 1.807) is 0 Å². The van der Waals surface area contributed by atoms with E-state index in [-0.39, 0.29) is 5.91 Å². The quantitative estimate of drug-likeness (QED) is 0.285. The lowest BCUT2D eigenvalue weighted by Crippen LogP contribution is -2.49. The van der Waals surface area contributed by atoms with Gasteiger partial charge < -0.3 is 14.7 Å². The molecule has 0 saturated carbocycles. The number of para-hydroxylation sites is 1. The highest BCUT2D eigenvalue weighted by Crippen LogP contribution is 2.31. The van der Waals surface area contributed by atoms with Crippen molar-refractivity contribution >= 4 is 34.2 Å². The van der Waals surface area contributed by atoms with E-state index in [1.807, 2.05) is 53.4 Å². The SMILES string of the molecule is CCN1CCN(C(=O)CCN(CCc2ccccc2)c2nc(-c3ccccc3Cl)nc3ccccc23)CC1. The summed E-state index contributed by atoms with van der Waals surface area (Å²) in [5, 5.41) is 1.59. The predicted molar refractivity (Wildman–Crippen MR) is 156 cm³/mol. The molecule has 1 fully saturated rings. The van der Waals surface area contributed by atoms with Gasteiger partial charge in [0.15, 0.2) is 5.82 Å². The molecule has 1 aliphatic heterocycles. The second-order valence-corrected chi connectivity index (χ2v) is 10.1. The van der Waals surface area contributed by atoms with Gasteiger partial charge in [-0.15, -0.1) is 0 Å². The lowest BCUT2D eigenvalue weighted by Gasteiger charge is -2.34. The maximum atomic E-state index is 13.2. The molecule has 0 atom stereocenters. The lowest BCUT2D eigenvalue weighted by atomic mass is 10.1. The molecule has 38 heavy (non-hydrogen) atoms. The summed E-state index contributed by atoms with van der Waals surface area (Å²) in [5.74, 6) is 1.64. The smallest absolute Gasteiger partial charge is 0.224 e. The molecule has 2 heterocycles. The number of carbonyl (C=O) groups excluding carboxylic acids is 1. The number of nitrogens with zero attached hydrogens (tertiary/aromatic N) is 5. The molecule has 5 rings (SSSR count). The minimum absolute atomic E-state index is 0.204. The van der Waals surface area contributed by atoms with Crippen LogP contribution in [0.4, 0.5) is 5.82 Å². The molecule has 0 radical (unpaired) electrons. The van der Waals surface area contributed by atoms with Crippen LogP contribution in [0.5, 0.6) is 0 Å². The Morgan fingerprint density at radius 1 is 0.868 bits per heavy atom. The first kappa shape index (κ1) is 26.1. The number of carbonyl (C=O) groups is 1. The Hall–Kier alpha value is -3.48. The van der Waals surface area contributed by atoms with Crippen LogP contribution in [0.15, 0.2) is 78.9 Å². The van der Waals surface area contributed by atoms with Crippen LogP contribution in [0, 0.1) is 0 Å². The van der Waals surface area contributed by atoms with Crippen molar-refractivity contribution in [1.82, 2.24) is 19.8 Å². The second kappa shape index (κ2) is 12.4. The topological polar surface area (TPSA) is 52.6 Å². The zero-order valence-electron chi connectivity index (χ0n) is 21.9. The first-order chi connectivity index (χ1) is 18.6. The lowest BCUT2D eigenvalue weighted by molar-refractivity contribution is -0.132. The summed E-state index contributed by atoms with van der Waals surface area (Å²) in [6.07, 6.45) is 1.30. The number of benzene rings is 3. The Morgan fingerprint density at radius 2 is 1.58 bits per heavy atom. The van der Waals surface area contributed by atoms with Crippen LogP contribution in [0.3, 0.4) is 0 Å². The van der Waals surface area contributed by atoms with E-state index in [4.69, 9.17) is 21.6 Å². The molecule has 0 bridgehead atoms. The average molecular weight is 528 g/mol. The molecule has 1 amide bonds. The van der Waals surface area contributed by atoms with Crippen LogP contribution in [-0.4, -0.2) is 71.5 Å². The first-order valence-corrected chi connectivity index (χ1v) is 13.8. The Labute approximate surface area is 229 Å². The number of fused-ring (bicyclic) bond motifs is 1. The summed E-state index contributed by atoms with van der Waals surface area (Å²) < 4.78 is 0. The molecule has 3 aromatic carbocycles. The van der Waals surface area contributed by atoms with Gasteiger partial charge in [0.05, 0.1) is 10.5 Å². The summed E-state index contributed by atoms with van der Waals surface area (Å²) >= 11 is 6.55. The standard InChI is InChI=1S/C31H34ClN5O/c1-2-35-20-22-36(23-21-35)29(38)17-19-37(18-16-24-10-4-3-5-11-24)31-26-13-7-9-15-28(26)33-30(34-31)25-12-6-8-14-27(25)32/h3-15H,2,16-23H2,1H3. The second-order valence-electron chi connectivity index (χ2n) is 9.66. The first-order valence-electron chi connectivity index (χ1n) is 13.4. The van der Waals surface area contributed by atoms with E-state index in [2.05, 4.69) is 47.1 Å². The van der Waals surface area contributed by atoms with Crippen molar-refractivity contribution in [2.24, 2.45) is 0 Å². The molecule has 0 spiro atoms. The Balaban J connectivity index is 1.45. The number of likely N-dealkylation sites (N-methyl/N-ethyl adjacent to an activating group) is 1. The van der Waals surface area contributed by atoms with Gasteiger partial charge in [-0.25, -0.2) is 9.97 Å². The van der Waals surface area contributed by atoms with Gasteiger partial charge in [-0.1, -0.05) is 73.1 Å². The fraction of sp³-hybridized carbons (Fsp3) is 0.323. The van der Waals surface area contributed by atoms with Crippen molar-refractivity contribution < 1.29 is 4.79 Å². The van der Waals surface area contributed by atoms with Crippen LogP contribution < -0.4 is 4.90 Å². The van der Waals surface area contributed by atoms with E-state index in [9.17, 15) is 4.79 Å². The molecule has 1 saturated heterocycles. The average Bonchev–Trinajstić information content (AvgIpc) is 2.97. The van der Waals surface area contributed by atoms with E-state index in [0.717, 1.165) is 68.0 Å². The highest BCUT2D eigenvalue weighted by molar-refractivity contribution is 6.33. The molecule has 1 aromatic heterocycles. The minimum atomic E-state index is 0.204. The number of amides is 1. The van der Waals surface area contributed by atoms with Gasteiger partial charge in [0.1, 0.15) is 5.82 Å². The fourth-order valence-electron chi connectivity index (χ4n) is 5.00. The predicted octanol–water partition coefficient (Wildman–Crippen LogP) is 5.55. The summed E-state index contributed by atoms with van der Waals surface area (Å²) in [4.78, 5) is 29.8. The highest BCUT2D eigenvalue weighted by atomic mass is 35.5. The Morgan fingerprint density at radius 3 is 2.34 bits per heavy atom. The normalized spacial score (nSPS) is 14.1. The van der Waals surface area contributed by atoms with Crippen LogP contribution in [0.2, 0.25) is 5.02 Å². The van der Waals surface area contributed by atoms with Gasteiger partial charge in [-0.05, 0) is 42.8 Å². The van der Waals surface area contributed by atoms with Gasteiger partial charge in [0, 0.05) is 56.6 Å². The maximum Gasteiger partial charge on any atom is 0.224 e. The molecule has 4 aromatic rings. The van der Waals surface area contributed by atoms with Crippen LogP contribution in [0.25, 0.3) is 22.3 Å². The van der Waals surface area contributed by atoms with Gasteiger partial charge in [0.2, 0.25) is 5.91 Å². The van der Waals surface area contributed by atoms with Crippen molar-refractivity contribution in [3.8, 4) is 11.4 Å². The number of hydrogen-bond donors (Lipinski definition) is 0. The van der Waals surface area contributed by atoms with Gasteiger partial charge in [0.25, 0.3) is 0 Å². The highest BCUT2D eigenvalue weighted by Gasteiger charge is 2.22. The summed E-state index contributed by atoms with van der Waals surface area (Å²) in [7, 11) is 0. The van der Waals surface area contributed by atoms with Gasteiger partial charge >= 0.3 is 0 Å². The van der Waals surface area contributed by atoms with E-state index in [0.29, 0.717) is 23.8 Å². The number of anilines is 1. The number of aromatic nitrogens is 2. The molecule has 0 N–H and O–H groups in total. The zero-order valence-corrected chi connectivity index (χ0v) is 22.6. The van der Waals surface area contributed by atoms with Crippen molar-refractivity contribution in [3.63, 3.8) is 0 Å². The van der Waals surface area contributed by atoms with E-state index in [1.165, 1.54) is 5.56 Å². The van der Waals surface area contributed by atoms with E-state index < -0.39 is 0 Å². The third-order valence-corrected chi connectivity index (χ3v) is 7.61. The van der Waals surface area contributed by atoms with Crippen molar-refractivity contribution in [1.29, 1.82) is 0 Å². The summed E-state index contributed by atoms with van der Waals surface area (Å²) in [6, 6.07) is 26.2. The molecular weight excluding hydrogens is 494 g/mol. The number of halogens is 1. The minimum Gasteiger partial charge on any atom is -0.355 e. The third-order valence-electron chi connectivity index (χ3n) is 7.28. The molecule has 6 nitrogen and oxygen atoms in total. The van der Waals surface area contributed by atoms with Crippen molar-refractivity contribution in [3.05, 3.63) is 89.4 Å². The number of rotatable bonds is 9. The monoisotopic (exact) mass is 527 g/mol. The number of hydrogen-bond acceptors (Lipinski definition) is 5. The third kappa shape index (κ3) is 6.14. The zero-order chi connectivity index (χ0) is 26.3. The maximum absolute atomic E-state index is 13.2. The van der Waals surface area contributed by atoms with Crippen LogP contribution in [-0.2, 0) is 11.2 Å². The largest absolute Gasteiger partial charge is 0.355 e. The van der Waals surface area contributed by atoms with Gasteiger partial charge in [-0.2, -0.15) is 0 Å². The van der Waals surface area contributed by atoms with Crippen molar-refractivity contribution in [2.75, 3.05) is 50.7 Å². The molecule has 196 valence electrons. The van der Waals surface area contributed by atoms with Crippen molar-refractivity contribution in [2.45, 2.75) is 19.8 Å². The van der Waals surface area contributed by atoms with Crippen LogP contribution in [0.1, 0.15) is 18.9 Å². The van der Waals surface area contributed by atoms with E-state index >= 15 is 0 Å². The molecule has 1 aliphatic rings. The van der Waals surface area contributed by atoms with Gasteiger partial charge in [-0.3, -0.25) is 4.79 Å². The number of piperazine rings is 1. The summed E-state index contributed by atoms with van der Waals surface area (Å²) in [5.41, 5.74) is 2.91. The molecular formula is C31H34ClN5O. The molecule has 7 heteroatoms. The molecule has 0 unspecified atom stereocenters. The van der Waals surface area contributed by atoms with Crippen LogP contribution >= 0.6 is 11.6 Å². The Bertz CT molecular complexity index is 1370. The fourth-order valence-corrected chi connectivity index (χ4v) is 5.22.